The van der Waals surface area contributed by atoms with Crippen molar-refractivity contribution in [3.63, 3.8) is 0 Å². The molecule has 130 valence electrons. The van der Waals surface area contributed by atoms with Crippen molar-refractivity contribution in [1.82, 2.24) is 9.78 Å². The molecule has 1 amide bonds. The van der Waals surface area contributed by atoms with Crippen molar-refractivity contribution in [2.75, 3.05) is 17.8 Å². The Labute approximate surface area is 143 Å². The molecule has 0 aliphatic heterocycles. The van der Waals surface area contributed by atoms with Gasteiger partial charge in [-0.05, 0) is 45.0 Å². The van der Waals surface area contributed by atoms with E-state index in [9.17, 15) is 9.00 Å². The molecule has 0 aliphatic carbocycles. The fourth-order valence-corrected chi connectivity index (χ4v) is 2.51. The molecule has 0 aliphatic rings. The predicted molar refractivity (Wildman–Crippen MR) is 97.7 cm³/mol. The maximum Gasteiger partial charge on any atom is 0.285 e. The molecule has 0 saturated carbocycles. The highest BCUT2D eigenvalue weighted by Crippen LogP contribution is 2.15. The van der Waals surface area contributed by atoms with Gasteiger partial charge < -0.3 is 5.32 Å². The number of aromatic nitrogens is 2. The molecule has 7 heteroatoms. The maximum atomic E-state index is 11.9. The molecule has 0 radical (unpaired) electrons. The van der Waals surface area contributed by atoms with Crippen LogP contribution in [0.25, 0.3) is 0 Å². The van der Waals surface area contributed by atoms with E-state index in [1.54, 1.807) is 12.1 Å². The molecule has 0 atom stereocenters. The van der Waals surface area contributed by atoms with E-state index in [1.165, 1.54) is 12.5 Å². The van der Waals surface area contributed by atoms with Crippen molar-refractivity contribution in [3.05, 3.63) is 47.8 Å². The lowest BCUT2D eigenvalue weighted by molar-refractivity contribution is 0.100. The van der Waals surface area contributed by atoms with E-state index in [0.717, 1.165) is 11.3 Å². The third kappa shape index (κ3) is 5.19. The summed E-state index contributed by atoms with van der Waals surface area (Å²) < 4.78 is 17.2. The van der Waals surface area contributed by atoms with Gasteiger partial charge in [-0.1, -0.05) is 0 Å². The quantitative estimate of drug-likeness (QED) is 0.921. The van der Waals surface area contributed by atoms with Crippen LogP contribution in [-0.4, -0.2) is 32.4 Å². The summed E-state index contributed by atoms with van der Waals surface area (Å²) in [5.41, 5.74) is 2.36. The molecule has 1 N–H and O–H groups in total. The second kappa shape index (κ2) is 6.76. The normalized spacial score (nSPS) is 12.0. The van der Waals surface area contributed by atoms with Crippen molar-refractivity contribution in [2.24, 2.45) is 4.36 Å². The van der Waals surface area contributed by atoms with Gasteiger partial charge in [0.1, 0.15) is 0 Å². The standard InChI is InChI=1S/C17H24N4O2S/c1-17(2,3)21-12-13(11-19-21)10-18-15-8-6-14(7-9-15)16(22)20-24(4,5)23/h6-9,11-12,18H,10H2,1-5H3. The first kappa shape index (κ1) is 18.2. The Morgan fingerprint density at radius 1 is 1.25 bits per heavy atom. The number of anilines is 1. The average molecular weight is 348 g/mol. The van der Waals surface area contributed by atoms with Crippen molar-refractivity contribution < 1.29 is 9.00 Å². The number of carbonyl (C=O) groups is 1. The molecule has 24 heavy (non-hydrogen) atoms. The predicted octanol–water partition coefficient (Wildman–Crippen LogP) is 3.12. The minimum absolute atomic E-state index is 0.0406. The molecule has 0 bridgehead atoms. The molecule has 0 unspecified atom stereocenters. The van der Waals surface area contributed by atoms with Gasteiger partial charge in [-0.2, -0.15) is 9.46 Å². The van der Waals surface area contributed by atoms with Gasteiger partial charge >= 0.3 is 0 Å². The minimum atomic E-state index is -2.44. The van der Waals surface area contributed by atoms with E-state index < -0.39 is 15.6 Å². The summed E-state index contributed by atoms with van der Waals surface area (Å²) in [4.78, 5) is 11.9. The topological polar surface area (TPSA) is 76.3 Å². The lowest BCUT2D eigenvalue weighted by Crippen LogP contribution is -2.21. The van der Waals surface area contributed by atoms with Crippen molar-refractivity contribution >= 4 is 21.3 Å². The largest absolute Gasteiger partial charge is 0.381 e. The zero-order valence-electron chi connectivity index (χ0n) is 14.7. The second-order valence-corrected chi connectivity index (χ2v) is 9.52. The van der Waals surface area contributed by atoms with E-state index in [2.05, 4.69) is 35.5 Å². The second-order valence-electron chi connectivity index (χ2n) is 6.97. The lowest BCUT2D eigenvalue weighted by Gasteiger charge is -2.18. The zero-order valence-corrected chi connectivity index (χ0v) is 15.6. The van der Waals surface area contributed by atoms with Gasteiger partial charge in [-0.15, -0.1) is 0 Å². The van der Waals surface area contributed by atoms with Gasteiger partial charge in [0.05, 0.1) is 11.7 Å². The molecule has 6 nitrogen and oxygen atoms in total. The maximum absolute atomic E-state index is 11.9. The Balaban J connectivity index is 2.01. The molecular formula is C17H24N4O2S. The third-order valence-corrected chi connectivity index (χ3v) is 3.86. The van der Waals surface area contributed by atoms with Gasteiger partial charge in [0.2, 0.25) is 0 Å². The average Bonchev–Trinajstić information content (AvgIpc) is 2.93. The number of hydrogen-bond donors (Lipinski definition) is 1. The fraction of sp³-hybridized carbons (Fsp3) is 0.412. The van der Waals surface area contributed by atoms with Crippen LogP contribution in [0.5, 0.6) is 0 Å². The summed E-state index contributed by atoms with van der Waals surface area (Å²) >= 11 is 0. The first-order chi connectivity index (χ1) is 11.0. The van der Waals surface area contributed by atoms with Crippen LogP contribution >= 0.6 is 0 Å². The summed E-state index contributed by atoms with van der Waals surface area (Å²) in [5.74, 6) is -0.456. The first-order valence-electron chi connectivity index (χ1n) is 7.64. The Hall–Kier alpha value is -2.15. The number of carbonyl (C=O) groups excluding carboxylic acids is 1. The number of amides is 1. The Morgan fingerprint density at radius 2 is 1.88 bits per heavy atom. The summed E-state index contributed by atoms with van der Waals surface area (Å²) in [7, 11) is -2.44. The molecule has 0 saturated heterocycles. The third-order valence-electron chi connectivity index (χ3n) is 3.25. The van der Waals surface area contributed by atoms with Gasteiger partial charge in [0.15, 0.2) is 0 Å². The molecule has 1 aromatic carbocycles. The van der Waals surface area contributed by atoms with Gasteiger partial charge in [-0.3, -0.25) is 9.48 Å². The van der Waals surface area contributed by atoms with E-state index in [0.29, 0.717) is 12.1 Å². The highest BCUT2D eigenvalue weighted by atomic mass is 32.2. The van der Waals surface area contributed by atoms with E-state index in [1.807, 2.05) is 29.2 Å². The number of nitrogens with zero attached hydrogens (tertiary/aromatic N) is 3. The highest BCUT2D eigenvalue weighted by molar-refractivity contribution is 7.92. The highest BCUT2D eigenvalue weighted by Gasteiger charge is 2.13. The van der Waals surface area contributed by atoms with Crippen LogP contribution in [0, 0.1) is 0 Å². The van der Waals surface area contributed by atoms with Crippen LogP contribution in [-0.2, 0) is 21.8 Å². The number of hydrogen-bond acceptors (Lipinski definition) is 4. The van der Waals surface area contributed by atoms with Gasteiger partial charge in [0.25, 0.3) is 5.91 Å². The zero-order chi connectivity index (χ0) is 18.0. The van der Waals surface area contributed by atoms with Crippen LogP contribution in [0.2, 0.25) is 0 Å². The fourth-order valence-electron chi connectivity index (χ4n) is 2.01. The van der Waals surface area contributed by atoms with E-state index >= 15 is 0 Å². The Bertz CT molecular complexity index is 830. The summed E-state index contributed by atoms with van der Waals surface area (Å²) in [6.45, 7) is 6.94. The van der Waals surface area contributed by atoms with Crippen LogP contribution in [0.3, 0.4) is 0 Å². The van der Waals surface area contributed by atoms with Crippen LogP contribution in [0.15, 0.2) is 41.0 Å². The Morgan fingerprint density at radius 3 is 2.38 bits per heavy atom. The van der Waals surface area contributed by atoms with Crippen molar-refractivity contribution in [3.8, 4) is 0 Å². The van der Waals surface area contributed by atoms with Gasteiger partial charge in [0, 0.05) is 51.8 Å². The molecule has 1 heterocycles. The summed E-state index contributed by atoms with van der Waals surface area (Å²) in [6, 6.07) is 6.98. The van der Waals surface area contributed by atoms with Crippen LogP contribution in [0.4, 0.5) is 5.69 Å². The molecule has 2 rings (SSSR count). The van der Waals surface area contributed by atoms with Crippen molar-refractivity contribution in [2.45, 2.75) is 32.9 Å². The van der Waals surface area contributed by atoms with Crippen LogP contribution < -0.4 is 5.32 Å². The van der Waals surface area contributed by atoms with Gasteiger partial charge in [-0.25, -0.2) is 4.21 Å². The minimum Gasteiger partial charge on any atom is -0.381 e. The SMILES string of the molecule is CC(C)(C)n1cc(CNc2ccc(C(=O)N=S(C)(C)=O)cc2)cn1. The first-order valence-corrected chi connectivity index (χ1v) is 9.97. The monoisotopic (exact) mass is 348 g/mol. The summed E-state index contributed by atoms with van der Waals surface area (Å²) in [6.07, 6.45) is 6.74. The molecule has 0 spiro atoms. The number of nitrogens with one attached hydrogen (secondary N) is 1. The van der Waals surface area contributed by atoms with Crippen LogP contribution in [0.1, 0.15) is 36.7 Å². The molecular weight excluding hydrogens is 324 g/mol. The van der Waals surface area contributed by atoms with E-state index in [4.69, 9.17) is 0 Å². The number of benzene rings is 1. The molecule has 0 fully saturated rings. The lowest BCUT2D eigenvalue weighted by atomic mass is 10.1. The molecule has 1 aromatic heterocycles. The Kier molecular flexibility index (Phi) is 5.13. The molecule has 2 aromatic rings. The van der Waals surface area contributed by atoms with E-state index in [-0.39, 0.29) is 5.54 Å². The number of rotatable bonds is 4. The van der Waals surface area contributed by atoms with Crippen molar-refractivity contribution in [1.29, 1.82) is 0 Å². The summed E-state index contributed by atoms with van der Waals surface area (Å²) in [5, 5.41) is 7.65. The smallest absolute Gasteiger partial charge is 0.285 e.